The van der Waals surface area contributed by atoms with Crippen molar-refractivity contribution in [2.24, 2.45) is 0 Å². The van der Waals surface area contributed by atoms with Crippen molar-refractivity contribution >= 4 is 17.9 Å². The third kappa shape index (κ3) is 10.2. The number of aliphatic carboxylic acids is 3. The van der Waals surface area contributed by atoms with E-state index in [1.54, 1.807) is 20.8 Å². The minimum absolute atomic E-state index is 0.129. The Morgan fingerprint density at radius 2 is 1.09 bits per heavy atom. The normalized spacial score (nSPS) is 16.1. The molecule has 34 heavy (non-hydrogen) atoms. The maximum atomic E-state index is 12.2. The van der Waals surface area contributed by atoms with Crippen LogP contribution in [0.5, 0.6) is 0 Å². The van der Waals surface area contributed by atoms with E-state index in [9.17, 15) is 29.7 Å². The number of nitrogens with zero attached hydrogens (tertiary/aromatic N) is 1. The molecule has 7 heteroatoms. The summed E-state index contributed by atoms with van der Waals surface area (Å²) in [5, 5.41) is 32.0. The lowest BCUT2D eigenvalue weighted by molar-refractivity contribution is -0.974. The first-order valence-corrected chi connectivity index (χ1v) is 13.4. The van der Waals surface area contributed by atoms with Gasteiger partial charge in [0.1, 0.15) is 6.04 Å². The Balaban J connectivity index is 5.06. The van der Waals surface area contributed by atoms with Gasteiger partial charge in [0.15, 0.2) is 12.1 Å². The molecule has 2 N–H and O–H groups in total. The van der Waals surface area contributed by atoms with Crippen molar-refractivity contribution in [1.29, 1.82) is 0 Å². The van der Waals surface area contributed by atoms with Gasteiger partial charge in [-0.1, -0.05) is 78.4 Å². The maximum Gasteiger partial charge on any atom is 0.362 e. The number of rotatable bonds is 22. The fourth-order valence-corrected chi connectivity index (χ4v) is 5.43. The molecule has 0 spiro atoms. The first-order chi connectivity index (χ1) is 16.2. The molecule has 0 saturated heterocycles. The van der Waals surface area contributed by atoms with E-state index in [0.717, 1.165) is 38.5 Å². The van der Waals surface area contributed by atoms with Crippen molar-refractivity contribution in [2.75, 3.05) is 6.54 Å². The summed E-state index contributed by atoms with van der Waals surface area (Å²) in [4.78, 5) is 36.4. The van der Waals surface area contributed by atoms with Crippen molar-refractivity contribution in [2.45, 2.75) is 136 Å². The second-order valence-corrected chi connectivity index (χ2v) is 9.34. The third-order valence-corrected chi connectivity index (χ3v) is 7.06. The molecule has 3 unspecified atom stereocenters. The number of carbonyl (C=O) groups excluding carboxylic acids is 1. The van der Waals surface area contributed by atoms with Crippen molar-refractivity contribution in [1.82, 2.24) is 0 Å². The zero-order valence-corrected chi connectivity index (χ0v) is 22.0. The van der Waals surface area contributed by atoms with E-state index in [-0.39, 0.29) is 25.8 Å². The number of carboxylic acids is 3. The number of carboxylic acid groups (broad SMARTS) is 3. The topological polar surface area (TPSA) is 115 Å². The Morgan fingerprint density at radius 1 is 0.676 bits per heavy atom. The fraction of sp³-hybridized carbons (Fsp3) is 0.815. The van der Waals surface area contributed by atoms with Gasteiger partial charge in [-0.05, 0) is 32.1 Å². The minimum Gasteiger partial charge on any atom is -0.544 e. The molecule has 0 aromatic carbocycles. The van der Waals surface area contributed by atoms with Gasteiger partial charge in [0.25, 0.3) is 0 Å². The van der Waals surface area contributed by atoms with E-state index in [4.69, 9.17) is 0 Å². The van der Waals surface area contributed by atoms with E-state index < -0.39 is 40.5 Å². The highest BCUT2D eigenvalue weighted by Crippen LogP contribution is 2.32. The molecule has 0 aliphatic rings. The Morgan fingerprint density at radius 3 is 1.44 bits per heavy atom. The van der Waals surface area contributed by atoms with Gasteiger partial charge in [0.05, 0.1) is 12.5 Å². The van der Waals surface area contributed by atoms with Crippen molar-refractivity contribution in [3.05, 3.63) is 12.2 Å². The van der Waals surface area contributed by atoms with Crippen molar-refractivity contribution in [3.8, 4) is 0 Å². The van der Waals surface area contributed by atoms with Crippen LogP contribution in [0.15, 0.2) is 12.2 Å². The summed E-state index contributed by atoms with van der Waals surface area (Å²) in [5.74, 6) is -3.66. The van der Waals surface area contributed by atoms with Gasteiger partial charge in [-0.2, -0.15) is 0 Å². The Labute approximate surface area is 206 Å². The maximum absolute atomic E-state index is 12.2. The fourth-order valence-electron chi connectivity index (χ4n) is 5.43. The molecule has 0 rings (SSSR count). The molecule has 0 aliphatic carbocycles. The van der Waals surface area contributed by atoms with E-state index in [0.29, 0.717) is 6.42 Å². The number of hydrogen-bond acceptors (Lipinski definition) is 4. The first kappa shape index (κ1) is 32.1. The first-order valence-electron chi connectivity index (χ1n) is 13.4. The van der Waals surface area contributed by atoms with Crippen LogP contribution in [0.4, 0.5) is 0 Å². The second-order valence-electron chi connectivity index (χ2n) is 9.34. The van der Waals surface area contributed by atoms with Crippen LogP contribution in [0.1, 0.15) is 118 Å². The van der Waals surface area contributed by atoms with Gasteiger partial charge in [0, 0.05) is 19.3 Å². The average Bonchev–Trinajstić information content (AvgIpc) is 2.77. The van der Waals surface area contributed by atoms with Crippen LogP contribution in [0.25, 0.3) is 0 Å². The van der Waals surface area contributed by atoms with Gasteiger partial charge in [-0.15, -0.1) is 0 Å². The van der Waals surface area contributed by atoms with Crippen LogP contribution in [-0.2, 0) is 14.4 Å². The lowest BCUT2D eigenvalue weighted by Gasteiger charge is -2.51. The van der Waals surface area contributed by atoms with E-state index in [1.165, 1.54) is 25.7 Å². The Kier molecular flexibility index (Phi) is 17.4. The molecule has 0 bridgehead atoms. The van der Waals surface area contributed by atoms with Crippen LogP contribution in [0.2, 0.25) is 0 Å². The molecular weight excluding hydrogens is 434 g/mol. The average molecular weight is 484 g/mol. The van der Waals surface area contributed by atoms with Crippen LogP contribution in [0, 0.1) is 0 Å². The molecule has 198 valence electrons. The van der Waals surface area contributed by atoms with Gasteiger partial charge in [0.2, 0.25) is 0 Å². The molecule has 3 atom stereocenters. The molecular formula is C27H49NO6. The highest BCUT2D eigenvalue weighted by molar-refractivity contribution is 5.77. The summed E-state index contributed by atoms with van der Waals surface area (Å²) >= 11 is 0. The van der Waals surface area contributed by atoms with Crippen LogP contribution in [-0.4, -0.2) is 57.3 Å². The SMILES string of the molecule is CC/C=C/CCCCCCCCCCC[N+](C(CC)C(=O)[O-])(C(CC)C(=O)O)C(CC)C(=O)O. The Bertz CT molecular complexity index is 563. The molecule has 0 radical (unpaired) electrons. The number of carbonyl (C=O) groups is 3. The van der Waals surface area contributed by atoms with Gasteiger partial charge >= 0.3 is 11.9 Å². The minimum atomic E-state index is -1.37. The summed E-state index contributed by atoms with van der Waals surface area (Å²) in [7, 11) is 0. The number of quaternary nitrogens is 1. The third-order valence-electron chi connectivity index (χ3n) is 7.06. The molecule has 0 aliphatic heterocycles. The standard InChI is InChI=1S/C27H49NO6/c1-5-9-10-11-12-13-14-15-16-17-18-19-20-21-28(22(6-2)25(29)30,23(7-3)26(31)32)24(8-4)27(33)34/h9-10,22-24H,5-8,11-21H2,1-4H3,(H2-,29,30,31,32,33,34)/b10-9+. The predicted molar refractivity (Wildman–Crippen MR) is 133 cm³/mol. The quantitative estimate of drug-likeness (QED) is 0.128. The number of hydrogen-bond donors (Lipinski definition) is 2. The molecule has 0 aromatic rings. The van der Waals surface area contributed by atoms with Crippen LogP contribution >= 0.6 is 0 Å². The highest BCUT2D eigenvalue weighted by Gasteiger charge is 2.53. The molecule has 0 saturated carbocycles. The summed E-state index contributed by atoms with van der Waals surface area (Å²) in [6.07, 6.45) is 16.7. The van der Waals surface area contributed by atoms with Gasteiger partial charge < -0.3 is 20.1 Å². The zero-order valence-electron chi connectivity index (χ0n) is 22.0. The smallest absolute Gasteiger partial charge is 0.362 e. The van der Waals surface area contributed by atoms with E-state index in [1.807, 2.05) is 0 Å². The highest BCUT2D eigenvalue weighted by atomic mass is 16.4. The zero-order chi connectivity index (χ0) is 26.0. The second kappa shape index (κ2) is 18.4. The van der Waals surface area contributed by atoms with Gasteiger partial charge in [-0.3, -0.25) is 4.48 Å². The number of allylic oxidation sites excluding steroid dienone is 2. The lowest BCUT2D eigenvalue weighted by atomic mass is 9.93. The van der Waals surface area contributed by atoms with Gasteiger partial charge in [-0.25, -0.2) is 9.59 Å². The van der Waals surface area contributed by atoms with E-state index >= 15 is 0 Å². The largest absolute Gasteiger partial charge is 0.544 e. The summed E-state index contributed by atoms with van der Waals surface area (Å²) < 4.78 is -0.469. The molecule has 0 aromatic heterocycles. The van der Waals surface area contributed by atoms with Crippen LogP contribution < -0.4 is 5.11 Å². The Hall–Kier alpha value is -1.89. The van der Waals surface area contributed by atoms with Crippen molar-refractivity contribution in [3.63, 3.8) is 0 Å². The van der Waals surface area contributed by atoms with Crippen LogP contribution in [0.3, 0.4) is 0 Å². The summed E-state index contributed by atoms with van der Waals surface area (Å²) in [6.45, 7) is 7.39. The lowest BCUT2D eigenvalue weighted by Crippen LogP contribution is -2.73. The monoisotopic (exact) mass is 483 g/mol. The van der Waals surface area contributed by atoms with E-state index in [2.05, 4.69) is 19.1 Å². The van der Waals surface area contributed by atoms with Crippen molar-refractivity contribution < 1.29 is 34.2 Å². The predicted octanol–water partition coefficient (Wildman–Crippen LogP) is 4.93. The molecule has 0 heterocycles. The molecule has 0 amide bonds. The summed E-state index contributed by atoms with van der Waals surface area (Å²) in [6, 6.07) is -3.37. The molecule has 0 fully saturated rings. The molecule has 7 nitrogen and oxygen atoms in total. The summed E-state index contributed by atoms with van der Waals surface area (Å²) in [5.41, 5.74) is 0. The number of unbranched alkanes of at least 4 members (excludes halogenated alkanes) is 9.